The minimum atomic E-state index is -0.880. The molecular formula is C19H30O. The Labute approximate surface area is 124 Å². The fourth-order valence-corrected chi connectivity index (χ4v) is 2.67. The van der Waals surface area contributed by atoms with Crippen LogP contribution in [-0.4, -0.2) is 5.11 Å². The van der Waals surface area contributed by atoms with E-state index in [4.69, 9.17) is 0 Å². The zero-order valence-electron chi connectivity index (χ0n) is 13.6. The van der Waals surface area contributed by atoms with Gasteiger partial charge in [-0.15, -0.1) is 6.58 Å². The smallest absolute Gasteiger partial charge is 0.0955 e. The molecule has 2 atom stereocenters. The molecule has 0 unspecified atom stereocenters. The molecule has 1 rings (SSSR count). The van der Waals surface area contributed by atoms with Crippen LogP contribution in [0.15, 0.2) is 36.9 Å². The first-order chi connectivity index (χ1) is 9.37. The highest BCUT2D eigenvalue weighted by Crippen LogP contribution is 2.44. The van der Waals surface area contributed by atoms with Crippen molar-refractivity contribution in [1.29, 1.82) is 0 Å². The molecule has 1 aromatic carbocycles. The second-order valence-electron chi connectivity index (χ2n) is 6.37. The van der Waals surface area contributed by atoms with Crippen molar-refractivity contribution >= 4 is 0 Å². The third-order valence-corrected chi connectivity index (χ3v) is 4.73. The lowest BCUT2D eigenvalue weighted by Gasteiger charge is -2.41. The van der Waals surface area contributed by atoms with E-state index in [-0.39, 0.29) is 5.41 Å². The fourth-order valence-electron chi connectivity index (χ4n) is 2.67. The summed E-state index contributed by atoms with van der Waals surface area (Å²) in [5.74, 6) is 0. The Morgan fingerprint density at radius 3 is 2.20 bits per heavy atom. The molecule has 0 amide bonds. The van der Waals surface area contributed by atoms with Crippen LogP contribution < -0.4 is 0 Å². The molecule has 0 aliphatic rings. The van der Waals surface area contributed by atoms with Crippen LogP contribution in [0.1, 0.15) is 64.0 Å². The Morgan fingerprint density at radius 2 is 1.70 bits per heavy atom. The molecule has 1 heteroatoms. The number of aryl methyl sites for hydroxylation is 1. The van der Waals surface area contributed by atoms with Crippen LogP contribution in [0.2, 0.25) is 0 Å². The minimum absolute atomic E-state index is 0.296. The first kappa shape index (κ1) is 17.0. The number of rotatable bonds is 8. The van der Waals surface area contributed by atoms with Crippen LogP contribution in [0.4, 0.5) is 0 Å². The molecule has 1 N–H and O–H groups in total. The average molecular weight is 274 g/mol. The summed E-state index contributed by atoms with van der Waals surface area (Å²) in [5.41, 5.74) is 1.01. The van der Waals surface area contributed by atoms with E-state index in [1.165, 1.54) is 24.8 Å². The Balaban J connectivity index is 2.89. The van der Waals surface area contributed by atoms with Gasteiger partial charge in [-0.2, -0.15) is 0 Å². The number of hydrogen-bond donors (Lipinski definition) is 1. The molecule has 0 fully saturated rings. The molecule has 0 aliphatic heterocycles. The number of unbranched alkanes of at least 4 members (excludes halogenated alkanes) is 3. The molecule has 0 aliphatic carbocycles. The number of benzene rings is 1. The molecule has 0 saturated carbocycles. The van der Waals surface area contributed by atoms with Gasteiger partial charge in [0.1, 0.15) is 0 Å². The largest absolute Gasteiger partial charge is 0.385 e. The van der Waals surface area contributed by atoms with Crippen molar-refractivity contribution in [3.8, 4) is 0 Å². The summed E-state index contributed by atoms with van der Waals surface area (Å²) in [6.07, 6.45) is 7.76. The van der Waals surface area contributed by atoms with E-state index in [1.54, 1.807) is 0 Å². The van der Waals surface area contributed by atoms with Crippen LogP contribution in [0, 0.1) is 12.3 Å². The van der Waals surface area contributed by atoms with Crippen molar-refractivity contribution in [1.82, 2.24) is 0 Å². The molecule has 0 aromatic heterocycles. The molecule has 20 heavy (non-hydrogen) atoms. The normalized spacial score (nSPS) is 17.2. The monoisotopic (exact) mass is 274 g/mol. The lowest BCUT2D eigenvalue weighted by Crippen LogP contribution is -2.40. The highest BCUT2D eigenvalue weighted by molar-refractivity contribution is 5.29. The van der Waals surface area contributed by atoms with E-state index < -0.39 is 5.60 Å². The van der Waals surface area contributed by atoms with Gasteiger partial charge >= 0.3 is 0 Å². The highest BCUT2D eigenvalue weighted by atomic mass is 16.3. The Hall–Kier alpha value is -1.08. The number of hydrogen-bond acceptors (Lipinski definition) is 1. The van der Waals surface area contributed by atoms with Crippen LogP contribution in [0.25, 0.3) is 0 Å². The second-order valence-corrected chi connectivity index (χ2v) is 6.37. The summed E-state index contributed by atoms with van der Waals surface area (Å²) in [4.78, 5) is 0. The topological polar surface area (TPSA) is 20.2 Å². The predicted molar refractivity (Wildman–Crippen MR) is 87.8 cm³/mol. The van der Waals surface area contributed by atoms with Crippen molar-refractivity contribution in [2.45, 2.75) is 65.4 Å². The quantitative estimate of drug-likeness (QED) is 0.499. The highest BCUT2D eigenvalue weighted by Gasteiger charge is 2.41. The van der Waals surface area contributed by atoms with Gasteiger partial charge in [0, 0.05) is 5.41 Å². The molecule has 112 valence electrons. The maximum absolute atomic E-state index is 11.1. The molecule has 1 nitrogen and oxygen atoms in total. The van der Waals surface area contributed by atoms with E-state index in [1.807, 2.05) is 25.1 Å². The Morgan fingerprint density at radius 1 is 1.10 bits per heavy atom. The van der Waals surface area contributed by atoms with Crippen molar-refractivity contribution in [2.75, 3.05) is 0 Å². The first-order valence-electron chi connectivity index (χ1n) is 7.80. The molecule has 0 bridgehead atoms. The van der Waals surface area contributed by atoms with Gasteiger partial charge in [0.15, 0.2) is 0 Å². The molecule has 1 aromatic rings. The van der Waals surface area contributed by atoms with E-state index in [9.17, 15) is 5.11 Å². The predicted octanol–water partition coefficient (Wildman–Crippen LogP) is 5.37. The molecule has 0 heterocycles. The standard InChI is InChI=1S/C19H30O/c1-6-8-9-10-15-18(4,7-2)19(5,20)17-13-11-16(3)12-14-17/h7,11-14,20H,2,6,8-10,15H2,1,3-5H3/t18-,19-/m1/s1. The molecule has 0 saturated heterocycles. The lowest BCUT2D eigenvalue weighted by atomic mass is 9.68. The first-order valence-corrected chi connectivity index (χ1v) is 7.80. The zero-order chi connectivity index (χ0) is 15.2. The van der Waals surface area contributed by atoms with Gasteiger partial charge in [-0.1, -0.05) is 75.4 Å². The third-order valence-electron chi connectivity index (χ3n) is 4.73. The van der Waals surface area contributed by atoms with Gasteiger partial charge in [-0.25, -0.2) is 0 Å². The summed E-state index contributed by atoms with van der Waals surface area (Å²) < 4.78 is 0. The minimum Gasteiger partial charge on any atom is -0.385 e. The van der Waals surface area contributed by atoms with Crippen molar-refractivity contribution in [3.05, 3.63) is 48.0 Å². The van der Waals surface area contributed by atoms with Gasteiger partial charge in [0.25, 0.3) is 0 Å². The summed E-state index contributed by atoms with van der Waals surface area (Å²) in [6, 6.07) is 8.18. The van der Waals surface area contributed by atoms with Crippen LogP contribution in [0.5, 0.6) is 0 Å². The van der Waals surface area contributed by atoms with E-state index in [2.05, 4.69) is 39.5 Å². The second kappa shape index (κ2) is 7.08. The Kier molecular flexibility index (Phi) is 6.01. The summed E-state index contributed by atoms with van der Waals surface area (Å²) in [7, 11) is 0. The van der Waals surface area contributed by atoms with Gasteiger partial charge < -0.3 is 5.11 Å². The molecular weight excluding hydrogens is 244 g/mol. The molecule has 0 radical (unpaired) electrons. The van der Waals surface area contributed by atoms with E-state index in [0.717, 1.165) is 18.4 Å². The fraction of sp³-hybridized carbons (Fsp3) is 0.579. The molecule has 0 spiro atoms. The van der Waals surface area contributed by atoms with Crippen LogP contribution in [-0.2, 0) is 5.60 Å². The van der Waals surface area contributed by atoms with Crippen molar-refractivity contribution in [2.24, 2.45) is 5.41 Å². The van der Waals surface area contributed by atoms with Gasteiger partial charge in [-0.3, -0.25) is 0 Å². The van der Waals surface area contributed by atoms with Crippen LogP contribution in [0.3, 0.4) is 0 Å². The maximum atomic E-state index is 11.1. The average Bonchev–Trinajstić information content (AvgIpc) is 2.43. The van der Waals surface area contributed by atoms with Crippen molar-refractivity contribution < 1.29 is 5.11 Å². The SMILES string of the molecule is C=C[C@](C)(CCCCCC)[C@](C)(O)c1ccc(C)cc1. The van der Waals surface area contributed by atoms with E-state index in [0.29, 0.717) is 0 Å². The zero-order valence-corrected chi connectivity index (χ0v) is 13.6. The Bertz CT molecular complexity index is 416. The van der Waals surface area contributed by atoms with E-state index >= 15 is 0 Å². The van der Waals surface area contributed by atoms with Gasteiger partial charge in [0.2, 0.25) is 0 Å². The van der Waals surface area contributed by atoms with Crippen molar-refractivity contribution in [3.63, 3.8) is 0 Å². The summed E-state index contributed by atoms with van der Waals surface area (Å²) in [5, 5.41) is 11.1. The van der Waals surface area contributed by atoms with Crippen LogP contribution >= 0.6 is 0 Å². The number of aliphatic hydroxyl groups is 1. The maximum Gasteiger partial charge on any atom is 0.0955 e. The van der Waals surface area contributed by atoms with Gasteiger partial charge in [-0.05, 0) is 25.8 Å². The van der Waals surface area contributed by atoms with Gasteiger partial charge in [0.05, 0.1) is 5.60 Å². The summed E-state index contributed by atoms with van der Waals surface area (Å²) >= 11 is 0. The summed E-state index contributed by atoms with van der Waals surface area (Å²) in [6.45, 7) is 12.3. The third kappa shape index (κ3) is 3.73. The lowest BCUT2D eigenvalue weighted by molar-refractivity contribution is -0.0456.